The second kappa shape index (κ2) is 4.31. The summed E-state index contributed by atoms with van der Waals surface area (Å²) in [6.45, 7) is 7.23. The zero-order valence-corrected chi connectivity index (χ0v) is 13.0. The van der Waals surface area contributed by atoms with E-state index in [1.54, 1.807) is 7.11 Å². The molecule has 2 saturated carbocycles. The van der Waals surface area contributed by atoms with Crippen molar-refractivity contribution in [3.63, 3.8) is 0 Å². The molecule has 2 aliphatic rings. The van der Waals surface area contributed by atoms with Gasteiger partial charge in [-0.1, -0.05) is 20.8 Å². The smallest absolute Gasteiger partial charge is 0.121 e. The van der Waals surface area contributed by atoms with E-state index in [-0.39, 0.29) is 0 Å². The molecule has 0 amide bonds. The summed E-state index contributed by atoms with van der Waals surface area (Å²) in [5.74, 6) is 1.65. The molecule has 3 heteroatoms. The van der Waals surface area contributed by atoms with Crippen LogP contribution in [0.4, 0.5) is 11.4 Å². The third kappa shape index (κ3) is 1.87. The van der Waals surface area contributed by atoms with E-state index in [9.17, 15) is 0 Å². The van der Waals surface area contributed by atoms with Crippen molar-refractivity contribution in [3.8, 4) is 5.75 Å². The lowest BCUT2D eigenvalue weighted by Crippen LogP contribution is -2.45. The quantitative estimate of drug-likeness (QED) is 0.822. The largest absolute Gasteiger partial charge is 0.497 e. The van der Waals surface area contributed by atoms with Crippen molar-refractivity contribution in [2.24, 2.45) is 16.7 Å². The number of methoxy groups -OCH3 is 1. The highest BCUT2D eigenvalue weighted by molar-refractivity contribution is 5.68. The van der Waals surface area contributed by atoms with Crippen LogP contribution in [0.1, 0.15) is 40.0 Å². The summed E-state index contributed by atoms with van der Waals surface area (Å²) in [5, 5.41) is 3.74. The number of nitrogens with one attached hydrogen (secondary N) is 1. The molecule has 2 fully saturated rings. The number of benzene rings is 1. The van der Waals surface area contributed by atoms with Crippen molar-refractivity contribution in [3.05, 3.63) is 18.2 Å². The second-order valence-electron chi connectivity index (χ2n) is 7.45. The van der Waals surface area contributed by atoms with E-state index in [1.807, 2.05) is 18.2 Å². The molecule has 1 aromatic carbocycles. The van der Waals surface area contributed by atoms with Gasteiger partial charge in [0.2, 0.25) is 0 Å². The van der Waals surface area contributed by atoms with Gasteiger partial charge in [-0.3, -0.25) is 0 Å². The summed E-state index contributed by atoms with van der Waals surface area (Å²) in [5.41, 5.74) is 8.71. The molecule has 0 saturated heterocycles. The summed E-state index contributed by atoms with van der Waals surface area (Å²) in [6, 6.07) is 6.40. The van der Waals surface area contributed by atoms with Gasteiger partial charge in [-0.25, -0.2) is 0 Å². The molecule has 3 N–H and O–H groups in total. The Bertz CT molecular complexity index is 521. The predicted octanol–water partition coefficient (Wildman–Crippen LogP) is 3.90. The van der Waals surface area contributed by atoms with Crippen molar-refractivity contribution in [1.29, 1.82) is 0 Å². The number of anilines is 2. The third-order valence-electron chi connectivity index (χ3n) is 5.83. The highest BCUT2D eigenvalue weighted by Gasteiger charge is 2.59. The fourth-order valence-electron chi connectivity index (χ4n) is 4.62. The van der Waals surface area contributed by atoms with Gasteiger partial charge in [0.1, 0.15) is 5.75 Å². The monoisotopic (exact) mass is 274 g/mol. The Morgan fingerprint density at radius 1 is 1.30 bits per heavy atom. The fraction of sp³-hybridized carbons (Fsp3) is 0.647. The third-order valence-corrected chi connectivity index (χ3v) is 5.83. The Morgan fingerprint density at radius 3 is 2.60 bits per heavy atom. The molecule has 20 heavy (non-hydrogen) atoms. The SMILES string of the molecule is COc1ccc(NC2C3(C)CCC(C3)C2(C)C)c(N)c1. The van der Waals surface area contributed by atoms with Crippen molar-refractivity contribution in [2.45, 2.75) is 46.1 Å². The molecule has 0 aromatic heterocycles. The number of rotatable bonds is 3. The van der Waals surface area contributed by atoms with E-state index in [2.05, 4.69) is 26.1 Å². The van der Waals surface area contributed by atoms with Crippen molar-refractivity contribution < 1.29 is 4.74 Å². The summed E-state index contributed by atoms with van der Waals surface area (Å²) >= 11 is 0. The van der Waals surface area contributed by atoms with Gasteiger partial charge >= 0.3 is 0 Å². The maximum absolute atomic E-state index is 6.16. The van der Waals surface area contributed by atoms with Gasteiger partial charge in [0.05, 0.1) is 18.5 Å². The minimum Gasteiger partial charge on any atom is -0.497 e. The molecular weight excluding hydrogens is 248 g/mol. The summed E-state index contributed by atoms with van der Waals surface area (Å²) in [4.78, 5) is 0. The Kier molecular flexibility index (Phi) is 2.93. The number of nitrogen functional groups attached to an aromatic ring is 1. The molecule has 0 spiro atoms. The average molecular weight is 274 g/mol. The van der Waals surface area contributed by atoms with Crippen LogP contribution in [0.3, 0.4) is 0 Å². The Balaban J connectivity index is 1.88. The molecule has 2 aliphatic carbocycles. The molecule has 3 atom stereocenters. The average Bonchev–Trinajstić information content (AvgIpc) is 2.87. The molecular formula is C17H26N2O. The van der Waals surface area contributed by atoms with Crippen LogP contribution in [-0.4, -0.2) is 13.2 Å². The maximum Gasteiger partial charge on any atom is 0.121 e. The van der Waals surface area contributed by atoms with Crippen LogP contribution in [-0.2, 0) is 0 Å². The van der Waals surface area contributed by atoms with Gasteiger partial charge in [-0.15, -0.1) is 0 Å². The van der Waals surface area contributed by atoms with Crippen molar-refractivity contribution >= 4 is 11.4 Å². The van der Waals surface area contributed by atoms with Crippen LogP contribution in [0.2, 0.25) is 0 Å². The zero-order chi connectivity index (χ0) is 14.5. The van der Waals surface area contributed by atoms with Crippen LogP contribution in [0.15, 0.2) is 18.2 Å². The number of hydrogen-bond acceptors (Lipinski definition) is 3. The van der Waals surface area contributed by atoms with Crippen LogP contribution in [0.5, 0.6) is 5.75 Å². The van der Waals surface area contributed by atoms with Gasteiger partial charge in [0.25, 0.3) is 0 Å². The maximum atomic E-state index is 6.16. The van der Waals surface area contributed by atoms with Gasteiger partial charge < -0.3 is 15.8 Å². The second-order valence-corrected chi connectivity index (χ2v) is 7.45. The first-order chi connectivity index (χ1) is 9.37. The minimum atomic E-state index is 0.333. The predicted molar refractivity (Wildman–Crippen MR) is 84.0 cm³/mol. The topological polar surface area (TPSA) is 47.3 Å². The fourth-order valence-corrected chi connectivity index (χ4v) is 4.62. The van der Waals surface area contributed by atoms with E-state index >= 15 is 0 Å². The number of ether oxygens (including phenoxy) is 1. The lowest BCUT2D eigenvalue weighted by atomic mass is 9.68. The van der Waals surface area contributed by atoms with Crippen LogP contribution >= 0.6 is 0 Å². The molecule has 0 aliphatic heterocycles. The zero-order valence-electron chi connectivity index (χ0n) is 13.0. The van der Waals surface area contributed by atoms with E-state index in [0.717, 1.165) is 23.0 Å². The van der Waals surface area contributed by atoms with Crippen molar-refractivity contribution in [1.82, 2.24) is 0 Å². The van der Waals surface area contributed by atoms with Gasteiger partial charge in [-0.05, 0) is 48.1 Å². The number of fused-ring (bicyclic) bond motifs is 2. The minimum absolute atomic E-state index is 0.333. The van der Waals surface area contributed by atoms with Gasteiger partial charge in [0.15, 0.2) is 0 Å². The molecule has 2 bridgehead atoms. The molecule has 3 rings (SSSR count). The highest BCUT2D eigenvalue weighted by atomic mass is 16.5. The lowest BCUT2D eigenvalue weighted by Gasteiger charge is -2.43. The molecule has 3 unspecified atom stereocenters. The highest BCUT2D eigenvalue weighted by Crippen LogP contribution is 2.63. The standard InChI is InChI=1S/C17H26N2O/c1-16(2)11-7-8-17(3,10-11)15(16)19-14-6-5-12(20-4)9-13(14)18/h5-6,9,11,15,19H,7-8,10,18H2,1-4H3. The summed E-state index contributed by atoms with van der Waals surface area (Å²) < 4.78 is 5.22. The number of nitrogens with two attached hydrogens (primary N) is 1. The molecule has 1 aromatic rings. The van der Waals surface area contributed by atoms with E-state index < -0.39 is 0 Å². The first kappa shape index (κ1) is 13.6. The van der Waals surface area contributed by atoms with Crippen molar-refractivity contribution in [2.75, 3.05) is 18.2 Å². The molecule has 3 nitrogen and oxygen atoms in total. The van der Waals surface area contributed by atoms with Gasteiger partial charge in [-0.2, -0.15) is 0 Å². The molecule has 0 heterocycles. The Morgan fingerprint density at radius 2 is 2.05 bits per heavy atom. The lowest BCUT2D eigenvalue weighted by molar-refractivity contribution is 0.155. The van der Waals surface area contributed by atoms with E-state index in [4.69, 9.17) is 10.5 Å². The molecule has 0 radical (unpaired) electrons. The summed E-state index contributed by atoms with van der Waals surface area (Å²) in [6.07, 6.45) is 4.04. The molecule has 110 valence electrons. The van der Waals surface area contributed by atoms with Crippen LogP contribution in [0, 0.1) is 16.7 Å². The van der Waals surface area contributed by atoms with Crippen LogP contribution in [0.25, 0.3) is 0 Å². The normalized spacial score (nSPS) is 34.2. The summed E-state index contributed by atoms with van der Waals surface area (Å²) in [7, 11) is 1.67. The number of hydrogen-bond donors (Lipinski definition) is 2. The Hall–Kier alpha value is -1.38. The first-order valence-electron chi connectivity index (χ1n) is 7.57. The van der Waals surface area contributed by atoms with Crippen LogP contribution < -0.4 is 15.8 Å². The van der Waals surface area contributed by atoms with Gasteiger partial charge in [0, 0.05) is 12.1 Å². The van der Waals surface area contributed by atoms with E-state index in [1.165, 1.54) is 19.3 Å². The first-order valence-corrected chi connectivity index (χ1v) is 7.57. The van der Waals surface area contributed by atoms with E-state index in [0.29, 0.717) is 16.9 Å². The Labute approximate surface area is 121 Å².